The van der Waals surface area contributed by atoms with E-state index in [4.69, 9.17) is 0 Å². The summed E-state index contributed by atoms with van der Waals surface area (Å²) < 4.78 is 0. The molecule has 0 aromatic heterocycles. The van der Waals surface area contributed by atoms with Gasteiger partial charge in [-0.1, -0.05) is 0 Å². The minimum Gasteiger partial charge on any atom is -0.508 e. The Morgan fingerprint density at radius 1 is 1.33 bits per heavy atom. The monoisotopic (exact) mass is 209 g/mol. The smallest absolute Gasteiger partial charge is 0.180 e. The Morgan fingerprint density at radius 3 is 2.47 bits per heavy atom. The van der Waals surface area contributed by atoms with Crippen molar-refractivity contribution in [3.05, 3.63) is 23.3 Å². The number of ketones is 1. The highest BCUT2D eigenvalue weighted by molar-refractivity contribution is 6.00. The molecule has 0 amide bonds. The molecule has 0 aliphatic heterocycles. The molecule has 1 aromatic rings. The van der Waals surface area contributed by atoms with Crippen molar-refractivity contribution in [2.24, 2.45) is 0 Å². The summed E-state index contributed by atoms with van der Waals surface area (Å²) in [6.07, 6.45) is 0. The zero-order chi connectivity index (χ0) is 11.6. The van der Waals surface area contributed by atoms with Crippen LogP contribution in [0.1, 0.15) is 15.9 Å². The van der Waals surface area contributed by atoms with Crippen molar-refractivity contribution in [2.45, 2.75) is 6.92 Å². The van der Waals surface area contributed by atoms with Crippen molar-refractivity contribution in [1.29, 1.82) is 0 Å². The van der Waals surface area contributed by atoms with Crippen LogP contribution in [0.2, 0.25) is 0 Å². The van der Waals surface area contributed by atoms with Crippen LogP contribution in [0.5, 0.6) is 11.5 Å². The van der Waals surface area contributed by atoms with Gasteiger partial charge >= 0.3 is 0 Å². The third-order valence-corrected chi connectivity index (χ3v) is 2.16. The van der Waals surface area contributed by atoms with Gasteiger partial charge in [0.15, 0.2) is 5.78 Å². The van der Waals surface area contributed by atoms with E-state index in [1.807, 2.05) is 0 Å². The van der Waals surface area contributed by atoms with E-state index in [1.165, 1.54) is 12.1 Å². The SMILES string of the molecule is Cc1c(O)ccc(C(=O)CN(C)C)c1O. The Labute approximate surface area is 88.8 Å². The molecule has 0 aliphatic rings. The number of rotatable bonds is 3. The fraction of sp³-hybridized carbons (Fsp3) is 0.364. The van der Waals surface area contributed by atoms with Crippen molar-refractivity contribution < 1.29 is 15.0 Å². The zero-order valence-electron chi connectivity index (χ0n) is 9.11. The van der Waals surface area contributed by atoms with Crippen LogP contribution in [-0.4, -0.2) is 41.5 Å². The number of carbonyl (C=O) groups is 1. The molecule has 82 valence electrons. The largest absolute Gasteiger partial charge is 0.508 e. The molecular formula is C11H15NO3. The van der Waals surface area contributed by atoms with Crippen LogP contribution in [0.25, 0.3) is 0 Å². The minimum atomic E-state index is -0.166. The normalized spacial score (nSPS) is 10.7. The number of phenolic OH excluding ortho intramolecular Hbond substituents is 2. The molecule has 0 atom stereocenters. The maximum Gasteiger partial charge on any atom is 0.180 e. The number of hydrogen-bond acceptors (Lipinski definition) is 4. The fourth-order valence-electron chi connectivity index (χ4n) is 1.29. The Hall–Kier alpha value is -1.55. The number of hydrogen-bond donors (Lipinski definition) is 2. The molecule has 0 aliphatic carbocycles. The lowest BCUT2D eigenvalue weighted by atomic mass is 10.0. The molecule has 0 unspecified atom stereocenters. The molecule has 0 bridgehead atoms. The summed E-state index contributed by atoms with van der Waals surface area (Å²) in [4.78, 5) is 13.4. The van der Waals surface area contributed by atoms with E-state index >= 15 is 0 Å². The van der Waals surface area contributed by atoms with Crippen molar-refractivity contribution >= 4 is 5.78 Å². The molecule has 2 N–H and O–H groups in total. The molecule has 0 spiro atoms. The Morgan fingerprint density at radius 2 is 1.93 bits per heavy atom. The molecule has 15 heavy (non-hydrogen) atoms. The number of likely N-dealkylation sites (N-methyl/N-ethyl adjacent to an activating group) is 1. The standard InChI is InChI=1S/C11H15NO3/c1-7-9(13)5-4-8(11(7)15)10(14)6-12(2)3/h4-5,13,15H,6H2,1-3H3. The summed E-state index contributed by atoms with van der Waals surface area (Å²) in [5, 5.41) is 19.0. The van der Waals surface area contributed by atoms with Gasteiger partial charge in [-0.3, -0.25) is 4.79 Å². The first-order valence-corrected chi connectivity index (χ1v) is 4.63. The second-order valence-electron chi connectivity index (χ2n) is 3.77. The van der Waals surface area contributed by atoms with Gasteiger partial charge in [-0.05, 0) is 33.2 Å². The predicted octanol–water partition coefficient (Wildman–Crippen LogP) is 1.15. The van der Waals surface area contributed by atoms with Gasteiger partial charge in [-0.15, -0.1) is 0 Å². The lowest BCUT2D eigenvalue weighted by Crippen LogP contribution is -2.21. The van der Waals surface area contributed by atoms with Crippen LogP contribution in [0.4, 0.5) is 0 Å². The van der Waals surface area contributed by atoms with E-state index in [0.29, 0.717) is 5.56 Å². The van der Waals surface area contributed by atoms with Crippen molar-refractivity contribution in [2.75, 3.05) is 20.6 Å². The summed E-state index contributed by atoms with van der Waals surface area (Å²) >= 11 is 0. The number of Topliss-reactive ketones (excluding diaryl/α,β-unsaturated/α-hetero) is 1. The third-order valence-electron chi connectivity index (χ3n) is 2.16. The first kappa shape index (κ1) is 11.5. The van der Waals surface area contributed by atoms with Crippen molar-refractivity contribution in [1.82, 2.24) is 4.90 Å². The van der Waals surface area contributed by atoms with Crippen LogP contribution in [0, 0.1) is 6.92 Å². The number of phenols is 2. The van der Waals surface area contributed by atoms with Gasteiger partial charge in [0.2, 0.25) is 0 Å². The number of benzene rings is 1. The highest BCUT2D eigenvalue weighted by Crippen LogP contribution is 2.29. The first-order valence-electron chi connectivity index (χ1n) is 4.63. The second kappa shape index (κ2) is 4.31. The fourth-order valence-corrected chi connectivity index (χ4v) is 1.29. The molecule has 0 fully saturated rings. The Bertz CT molecular complexity index is 386. The molecule has 1 aromatic carbocycles. The highest BCUT2D eigenvalue weighted by atomic mass is 16.3. The Balaban J connectivity index is 3.06. The van der Waals surface area contributed by atoms with Gasteiger partial charge in [0, 0.05) is 5.56 Å². The summed E-state index contributed by atoms with van der Waals surface area (Å²) in [6.45, 7) is 1.80. The van der Waals surface area contributed by atoms with E-state index in [2.05, 4.69) is 0 Å². The lowest BCUT2D eigenvalue weighted by molar-refractivity contribution is 0.0955. The summed E-state index contributed by atoms with van der Waals surface area (Å²) in [5.41, 5.74) is 0.582. The minimum absolute atomic E-state index is 0.00565. The molecule has 0 saturated carbocycles. The third kappa shape index (κ3) is 2.47. The maximum absolute atomic E-state index is 11.7. The van der Waals surface area contributed by atoms with Crippen LogP contribution in [-0.2, 0) is 0 Å². The van der Waals surface area contributed by atoms with E-state index < -0.39 is 0 Å². The zero-order valence-corrected chi connectivity index (χ0v) is 9.11. The van der Waals surface area contributed by atoms with E-state index in [-0.39, 0.29) is 29.4 Å². The predicted molar refractivity (Wildman–Crippen MR) is 57.4 cm³/mol. The topological polar surface area (TPSA) is 60.8 Å². The summed E-state index contributed by atoms with van der Waals surface area (Å²) in [7, 11) is 3.56. The van der Waals surface area contributed by atoms with Gasteiger partial charge in [-0.2, -0.15) is 0 Å². The first-order chi connectivity index (χ1) is 6.93. The molecular weight excluding hydrogens is 194 g/mol. The number of aromatic hydroxyl groups is 2. The average Bonchev–Trinajstić information content (AvgIpc) is 2.13. The number of carbonyl (C=O) groups excluding carboxylic acids is 1. The van der Waals surface area contributed by atoms with Crippen molar-refractivity contribution in [3.63, 3.8) is 0 Å². The highest BCUT2D eigenvalue weighted by Gasteiger charge is 2.15. The van der Waals surface area contributed by atoms with Gasteiger partial charge < -0.3 is 15.1 Å². The second-order valence-corrected chi connectivity index (χ2v) is 3.77. The van der Waals surface area contributed by atoms with Gasteiger partial charge in [0.1, 0.15) is 11.5 Å². The molecule has 4 heteroatoms. The number of nitrogens with zero attached hydrogens (tertiary/aromatic N) is 1. The van der Waals surface area contributed by atoms with E-state index in [1.54, 1.807) is 25.9 Å². The van der Waals surface area contributed by atoms with Gasteiger partial charge in [0.05, 0.1) is 12.1 Å². The molecule has 0 saturated heterocycles. The molecule has 0 radical (unpaired) electrons. The van der Waals surface area contributed by atoms with Crippen LogP contribution in [0.15, 0.2) is 12.1 Å². The van der Waals surface area contributed by atoms with Crippen LogP contribution >= 0.6 is 0 Å². The lowest BCUT2D eigenvalue weighted by Gasteiger charge is -2.11. The van der Waals surface area contributed by atoms with Gasteiger partial charge in [-0.25, -0.2) is 0 Å². The summed E-state index contributed by atoms with van der Waals surface area (Å²) in [6, 6.07) is 2.85. The van der Waals surface area contributed by atoms with Crippen LogP contribution < -0.4 is 0 Å². The molecule has 1 rings (SSSR count). The van der Waals surface area contributed by atoms with Crippen molar-refractivity contribution in [3.8, 4) is 11.5 Å². The summed E-state index contributed by atoms with van der Waals surface area (Å²) in [5.74, 6) is -0.309. The maximum atomic E-state index is 11.7. The molecule has 4 nitrogen and oxygen atoms in total. The van der Waals surface area contributed by atoms with Gasteiger partial charge in [0.25, 0.3) is 0 Å². The molecule has 0 heterocycles. The van der Waals surface area contributed by atoms with Crippen LogP contribution in [0.3, 0.4) is 0 Å². The average molecular weight is 209 g/mol. The quantitative estimate of drug-likeness (QED) is 0.733. The van der Waals surface area contributed by atoms with E-state index in [9.17, 15) is 15.0 Å². The van der Waals surface area contributed by atoms with E-state index in [0.717, 1.165) is 0 Å². The Kier molecular flexibility index (Phi) is 3.31.